The van der Waals surface area contributed by atoms with E-state index in [9.17, 15) is 33.9 Å². The van der Waals surface area contributed by atoms with Gasteiger partial charge in [-0.2, -0.15) is 0 Å². The fraction of sp³-hybridized carbons (Fsp3) is 0.278. The van der Waals surface area contributed by atoms with Crippen LogP contribution in [0.2, 0.25) is 0 Å². The summed E-state index contributed by atoms with van der Waals surface area (Å²) in [7, 11) is 0. The third-order valence-electron chi connectivity index (χ3n) is 13.3. The third-order valence-corrected chi connectivity index (χ3v) is 18.1. The SMILES string of the molecule is CCOC(=O)c1csc(-c2ccc3c(n2)-c2csc(n2)-c2csc(n2)[C@@H]2CCCN2C(=O)[C@H](Cc2ccc(O)cc2)NC(=O)C2CSC(=N2)[C@H](Cc2ccccc2)NC(=O)c2csc(n2)[C@H](CC(N)=O)NC(=O)c2nc-3oc2C)n1. The number of oxazole rings is 1. The van der Waals surface area contributed by atoms with Crippen molar-refractivity contribution in [2.75, 3.05) is 18.9 Å². The van der Waals surface area contributed by atoms with Gasteiger partial charge in [0.05, 0.1) is 47.5 Å². The first-order chi connectivity index (χ1) is 38.7. The third kappa shape index (κ3) is 11.7. The fourth-order valence-corrected chi connectivity index (χ4v) is 13.9. The molecule has 2 aromatic carbocycles. The Bertz CT molecular complexity index is 3700. The zero-order chi connectivity index (χ0) is 55.6. The topological polar surface area (TPSA) is 300 Å². The number of hydrogen-bond acceptors (Lipinski definition) is 21. The highest BCUT2D eigenvalue weighted by molar-refractivity contribution is 8.14. The van der Waals surface area contributed by atoms with Crippen molar-refractivity contribution >= 4 is 97.7 Å². The summed E-state index contributed by atoms with van der Waals surface area (Å²) >= 11 is 6.28. The van der Waals surface area contributed by atoms with Crippen LogP contribution in [0.1, 0.15) is 96.6 Å². The van der Waals surface area contributed by atoms with Gasteiger partial charge in [0.15, 0.2) is 11.4 Å². The first-order valence-electron chi connectivity index (χ1n) is 25.3. The number of nitrogens with two attached hydrogens (primary N) is 1. The molecule has 11 rings (SSSR count). The average Bonchev–Trinajstić information content (AvgIpc) is 4.37. The average molecular weight is 1170 g/mol. The molecule has 1 unspecified atom stereocenters. The number of fused-ring (bicyclic) bond motifs is 15. The Morgan fingerprint density at radius 2 is 1.45 bits per heavy atom. The number of aromatic hydroxyl groups is 1. The van der Waals surface area contributed by atoms with Gasteiger partial charge >= 0.3 is 5.97 Å². The number of nitrogens with one attached hydrogen (secondary N) is 3. The highest BCUT2D eigenvalue weighted by atomic mass is 32.2. The van der Waals surface area contributed by atoms with Crippen LogP contribution in [0.4, 0.5) is 0 Å². The molecule has 408 valence electrons. The minimum atomic E-state index is -1.08. The lowest BCUT2D eigenvalue weighted by atomic mass is 10.0. The van der Waals surface area contributed by atoms with Crippen LogP contribution < -0.4 is 21.7 Å². The van der Waals surface area contributed by atoms with E-state index in [1.807, 2.05) is 35.7 Å². The van der Waals surface area contributed by atoms with Crippen LogP contribution in [0.3, 0.4) is 0 Å². The van der Waals surface area contributed by atoms with Crippen molar-refractivity contribution in [1.82, 2.24) is 50.8 Å². The van der Waals surface area contributed by atoms with E-state index in [1.165, 1.54) is 63.3 Å². The summed E-state index contributed by atoms with van der Waals surface area (Å²) in [5, 5.41) is 28.2. The summed E-state index contributed by atoms with van der Waals surface area (Å²) in [4.78, 5) is 118. The molecule has 1 fully saturated rings. The smallest absolute Gasteiger partial charge is 0.357 e. The molecule has 0 aliphatic carbocycles. The Kier molecular flexibility index (Phi) is 15.7. The maximum absolute atomic E-state index is 14.9. The maximum atomic E-state index is 14.9. The molecule has 80 heavy (non-hydrogen) atoms. The normalized spacial score (nSPS) is 19.6. The summed E-state index contributed by atoms with van der Waals surface area (Å²) < 4.78 is 11.4. The van der Waals surface area contributed by atoms with Gasteiger partial charge in [0.25, 0.3) is 11.8 Å². The monoisotopic (exact) mass is 1170 g/mol. The number of phenolic OH excluding ortho intramolecular Hbond substituents is 1. The second-order valence-corrected chi connectivity index (χ2v) is 23.3. The van der Waals surface area contributed by atoms with Crippen molar-refractivity contribution in [2.45, 2.75) is 76.2 Å². The number of esters is 1. The number of nitrogens with zero attached hydrogens (tertiary/aromatic N) is 8. The van der Waals surface area contributed by atoms with E-state index in [1.54, 1.807) is 53.8 Å². The number of phenols is 1. The first kappa shape index (κ1) is 53.9. The van der Waals surface area contributed by atoms with E-state index in [0.29, 0.717) is 79.8 Å². The fourth-order valence-electron chi connectivity index (χ4n) is 9.40. The molecule has 5 atom stereocenters. The second kappa shape index (κ2) is 23.3. The number of ether oxygens (including phenoxy) is 1. The number of thiazole rings is 4. The van der Waals surface area contributed by atoms with Crippen LogP contribution in [-0.2, 0) is 32.0 Å². The number of pyridine rings is 1. The van der Waals surface area contributed by atoms with E-state index in [2.05, 4.69) is 30.9 Å². The van der Waals surface area contributed by atoms with Gasteiger partial charge in [0.1, 0.15) is 66.4 Å². The molecule has 0 spiro atoms. The van der Waals surface area contributed by atoms with Gasteiger partial charge < -0.3 is 40.8 Å². The molecule has 26 heteroatoms. The predicted octanol–water partition coefficient (Wildman–Crippen LogP) is 7.36. The number of aromatic nitrogens is 6. The molecule has 6 aromatic heterocycles. The standard InChI is InChI=1S/C54H48N12O9S5/c1-3-74-54(73)39-25-79-48(64-39)31-16-15-30-43(56-31)35-21-76-51(60-35)38-24-80-52(63-38)40-10-7-17-66(40)53(72)34(19-28-11-13-29(67)14-12-28)59-45(70)37-23-77-49(61-37)32(18-27-8-5-4-6-9-27)57-44(69)36-22-78-50(62-36)33(20-41(55)68)58-46(71)42-26(2)75-47(30)65-42/h4-6,8-9,11-16,21-22,24-25,32-34,37,40,67H,3,7,10,17-20,23H2,1-2H3,(H2,55,68)(H,57,69)(H,58,71)(H,59,70)/t32-,33-,34-,37?,40-/m0/s1. The predicted molar refractivity (Wildman–Crippen MR) is 302 cm³/mol. The highest BCUT2D eigenvalue weighted by Gasteiger charge is 2.39. The number of carbonyl (C=O) groups excluding carboxylic acids is 6. The molecule has 10 bridgehead atoms. The van der Waals surface area contributed by atoms with E-state index in [4.69, 9.17) is 34.8 Å². The van der Waals surface area contributed by atoms with E-state index >= 15 is 0 Å². The molecule has 1 saturated heterocycles. The van der Waals surface area contributed by atoms with Crippen molar-refractivity contribution in [1.29, 1.82) is 0 Å². The molecule has 3 aliphatic heterocycles. The number of aryl methyl sites for hydroxylation is 1. The van der Waals surface area contributed by atoms with Crippen molar-refractivity contribution in [3.8, 4) is 50.0 Å². The molecule has 0 saturated carbocycles. The Morgan fingerprint density at radius 1 is 0.738 bits per heavy atom. The Hall–Kier alpha value is -8.04. The first-order valence-corrected chi connectivity index (χ1v) is 29.8. The summed E-state index contributed by atoms with van der Waals surface area (Å²) in [5.74, 6) is -2.91. The van der Waals surface area contributed by atoms with Crippen molar-refractivity contribution in [2.24, 2.45) is 10.7 Å². The molecule has 21 nitrogen and oxygen atoms in total. The minimum absolute atomic E-state index is 0.00162. The summed E-state index contributed by atoms with van der Waals surface area (Å²) in [6.07, 6.45) is 1.40. The number of benzene rings is 2. The Morgan fingerprint density at radius 3 is 2.25 bits per heavy atom. The number of thioether (sulfide) groups is 1. The summed E-state index contributed by atoms with van der Waals surface area (Å²) in [6, 6.07) is 15.2. The summed E-state index contributed by atoms with van der Waals surface area (Å²) in [5.41, 5.74) is 9.39. The summed E-state index contributed by atoms with van der Waals surface area (Å²) in [6.45, 7) is 3.87. The molecule has 3 aliphatic rings. The van der Waals surface area contributed by atoms with Crippen molar-refractivity contribution in [3.63, 3.8) is 0 Å². The van der Waals surface area contributed by atoms with Gasteiger partial charge in [0.2, 0.25) is 23.6 Å². The molecular weight excluding hydrogens is 1120 g/mol. The van der Waals surface area contributed by atoms with Gasteiger partial charge in [-0.25, -0.2) is 34.7 Å². The van der Waals surface area contributed by atoms with Crippen LogP contribution in [0.5, 0.6) is 5.75 Å². The largest absolute Gasteiger partial charge is 0.508 e. The van der Waals surface area contributed by atoms with E-state index < -0.39 is 59.8 Å². The molecular formula is C54H48N12O9S5. The van der Waals surface area contributed by atoms with Gasteiger partial charge in [-0.05, 0) is 68.5 Å². The van der Waals surface area contributed by atoms with Crippen LogP contribution in [-0.4, -0.2) is 117 Å². The number of amides is 5. The van der Waals surface area contributed by atoms with Gasteiger partial charge in [-0.3, -0.25) is 29.0 Å². The van der Waals surface area contributed by atoms with Gasteiger partial charge in [-0.1, -0.05) is 42.5 Å². The van der Waals surface area contributed by atoms with Crippen LogP contribution in [0.25, 0.3) is 44.2 Å². The van der Waals surface area contributed by atoms with Gasteiger partial charge in [0, 0.05) is 40.2 Å². The number of aliphatic imine (C=N–C) groups is 1. The number of rotatable bonds is 9. The second-order valence-electron chi connectivity index (χ2n) is 18.8. The Balaban J connectivity index is 0.990. The van der Waals surface area contributed by atoms with Crippen LogP contribution >= 0.6 is 57.1 Å². The molecule has 6 N–H and O–H groups in total. The van der Waals surface area contributed by atoms with Crippen LogP contribution in [0, 0.1) is 6.92 Å². The quantitative estimate of drug-likeness (QED) is 0.0882. The molecule has 5 amide bonds. The van der Waals surface area contributed by atoms with E-state index in [-0.39, 0.29) is 70.6 Å². The maximum Gasteiger partial charge on any atom is 0.357 e. The molecule has 9 heterocycles. The number of carbonyl (C=O) groups is 6. The zero-order valence-electron chi connectivity index (χ0n) is 42.6. The lowest BCUT2D eigenvalue weighted by molar-refractivity contribution is -0.137. The minimum Gasteiger partial charge on any atom is -0.508 e. The lowest BCUT2D eigenvalue weighted by Gasteiger charge is -2.29. The Labute approximate surface area is 476 Å². The lowest BCUT2D eigenvalue weighted by Crippen LogP contribution is -2.51. The van der Waals surface area contributed by atoms with Crippen LogP contribution in [0.15, 0.2) is 97.7 Å². The highest BCUT2D eigenvalue weighted by Crippen LogP contribution is 2.40. The zero-order valence-corrected chi connectivity index (χ0v) is 46.7. The van der Waals surface area contributed by atoms with Crippen molar-refractivity contribution < 1.29 is 43.0 Å². The van der Waals surface area contributed by atoms with E-state index in [0.717, 1.165) is 16.9 Å². The molecule has 0 radical (unpaired) electrons. The van der Waals surface area contributed by atoms with Crippen molar-refractivity contribution in [3.05, 3.63) is 132 Å². The van der Waals surface area contributed by atoms with Gasteiger partial charge in [-0.15, -0.1) is 57.1 Å². The number of hydrogen-bond donors (Lipinski definition) is 5. The molecule has 8 aromatic rings. The number of primary amides is 1.